The number of nitrogens with zero attached hydrogens (tertiary/aromatic N) is 4. The molecule has 1 unspecified atom stereocenters. The second-order valence-corrected chi connectivity index (χ2v) is 5.30. The van der Waals surface area contributed by atoms with Crippen molar-refractivity contribution in [2.45, 2.75) is 30.7 Å². The predicted molar refractivity (Wildman–Crippen MR) is 73.0 cm³/mol. The number of nitrogens with two attached hydrogens (primary N) is 1. The smallest absolute Gasteiger partial charge is 0.231 e. The van der Waals surface area contributed by atoms with Gasteiger partial charge in [-0.1, -0.05) is 36.4 Å². The molecule has 2 aromatic rings. The molecule has 100 valence electrons. The van der Waals surface area contributed by atoms with Crippen LogP contribution in [0.4, 0.5) is 0 Å². The average molecular weight is 277 g/mol. The van der Waals surface area contributed by atoms with Crippen LogP contribution in [0.2, 0.25) is 0 Å². The number of hydrogen-bond donors (Lipinski definition) is 1. The number of aromatic nitrogens is 4. The summed E-state index contributed by atoms with van der Waals surface area (Å²) in [4.78, 5) is 11.3. The van der Waals surface area contributed by atoms with Crippen LogP contribution in [-0.2, 0) is 4.79 Å². The Morgan fingerprint density at radius 3 is 2.68 bits per heavy atom. The van der Waals surface area contributed by atoms with E-state index < -0.39 is 0 Å². The molecule has 1 aromatic carbocycles. The highest BCUT2D eigenvalue weighted by molar-refractivity contribution is 8.00. The van der Waals surface area contributed by atoms with Gasteiger partial charge in [0.15, 0.2) is 0 Å². The Hall–Kier alpha value is -1.89. The van der Waals surface area contributed by atoms with Gasteiger partial charge in [0.05, 0.1) is 10.9 Å². The highest BCUT2D eigenvalue weighted by Crippen LogP contribution is 2.24. The van der Waals surface area contributed by atoms with E-state index in [9.17, 15) is 4.79 Å². The average Bonchev–Trinajstić information content (AvgIpc) is 2.84. The van der Waals surface area contributed by atoms with Gasteiger partial charge < -0.3 is 5.73 Å². The number of rotatable bonds is 5. The van der Waals surface area contributed by atoms with Crippen LogP contribution in [0.25, 0.3) is 5.69 Å². The number of aryl methyl sites for hydroxylation is 1. The Bertz CT molecular complexity index is 566. The molecule has 2 N–H and O–H groups in total. The molecule has 0 aliphatic heterocycles. The summed E-state index contributed by atoms with van der Waals surface area (Å²) >= 11 is 1.28. The van der Waals surface area contributed by atoms with Crippen molar-refractivity contribution in [3.8, 4) is 5.69 Å². The van der Waals surface area contributed by atoms with Crippen LogP contribution >= 0.6 is 11.8 Å². The van der Waals surface area contributed by atoms with Crippen LogP contribution in [0, 0.1) is 6.92 Å². The van der Waals surface area contributed by atoms with Crippen molar-refractivity contribution in [1.29, 1.82) is 0 Å². The van der Waals surface area contributed by atoms with Crippen molar-refractivity contribution in [3.63, 3.8) is 0 Å². The van der Waals surface area contributed by atoms with E-state index in [2.05, 4.69) is 15.5 Å². The quantitative estimate of drug-likeness (QED) is 0.833. The fraction of sp³-hybridized carbons (Fsp3) is 0.333. The van der Waals surface area contributed by atoms with Crippen LogP contribution in [0.15, 0.2) is 29.4 Å². The molecule has 0 saturated carbocycles. The molecular formula is C12H15N5OS. The molecule has 0 fully saturated rings. The molecule has 0 aliphatic rings. The van der Waals surface area contributed by atoms with Crippen LogP contribution < -0.4 is 5.73 Å². The van der Waals surface area contributed by atoms with Gasteiger partial charge in [-0.2, -0.15) is 4.68 Å². The Labute approximate surface area is 115 Å². The van der Waals surface area contributed by atoms with Crippen LogP contribution in [0.1, 0.15) is 18.9 Å². The zero-order valence-electron chi connectivity index (χ0n) is 10.8. The first kappa shape index (κ1) is 13.5. The lowest BCUT2D eigenvalue weighted by Crippen LogP contribution is -2.25. The number of hydrogen-bond acceptors (Lipinski definition) is 5. The van der Waals surface area contributed by atoms with Gasteiger partial charge in [0.25, 0.3) is 0 Å². The fourth-order valence-corrected chi connectivity index (χ4v) is 2.43. The predicted octanol–water partition coefficient (Wildman–Crippen LogP) is 1.33. The van der Waals surface area contributed by atoms with E-state index in [1.165, 1.54) is 11.8 Å². The van der Waals surface area contributed by atoms with Crippen molar-refractivity contribution in [2.24, 2.45) is 5.73 Å². The molecule has 1 aromatic heterocycles. The van der Waals surface area contributed by atoms with E-state index in [0.29, 0.717) is 11.6 Å². The molecule has 1 amide bonds. The lowest BCUT2D eigenvalue weighted by molar-refractivity contribution is -0.117. The van der Waals surface area contributed by atoms with Crippen molar-refractivity contribution in [3.05, 3.63) is 29.8 Å². The third-order valence-corrected chi connectivity index (χ3v) is 3.97. The molecule has 0 saturated heterocycles. The largest absolute Gasteiger partial charge is 0.369 e. The molecule has 19 heavy (non-hydrogen) atoms. The number of primary amides is 1. The Kier molecular flexibility index (Phi) is 4.16. The summed E-state index contributed by atoms with van der Waals surface area (Å²) in [5.74, 6) is -0.356. The van der Waals surface area contributed by atoms with Gasteiger partial charge >= 0.3 is 0 Å². The molecule has 0 spiro atoms. The maximum absolute atomic E-state index is 11.3. The van der Waals surface area contributed by atoms with Crippen LogP contribution in [0.5, 0.6) is 0 Å². The summed E-state index contributed by atoms with van der Waals surface area (Å²) < 4.78 is 1.61. The molecule has 2 rings (SSSR count). The van der Waals surface area contributed by atoms with Gasteiger partial charge in [-0.3, -0.25) is 4.79 Å². The first-order valence-electron chi connectivity index (χ1n) is 5.93. The summed E-state index contributed by atoms with van der Waals surface area (Å²) in [5.41, 5.74) is 7.36. The molecular weight excluding hydrogens is 262 g/mol. The maximum atomic E-state index is 11.3. The highest BCUT2D eigenvalue weighted by Gasteiger charge is 2.19. The minimum Gasteiger partial charge on any atom is -0.369 e. The lowest BCUT2D eigenvalue weighted by atomic mass is 10.2. The summed E-state index contributed by atoms with van der Waals surface area (Å²) in [6.07, 6.45) is 0.640. The third-order valence-electron chi connectivity index (χ3n) is 2.66. The number of tetrazole rings is 1. The van der Waals surface area contributed by atoms with Crippen LogP contribution in [-0.4, -0.2) is 31.4 Å². The topological polar surface area (TPSA) is 86.7 Å². The summed E-state index contributed by atoms with van der Waals surface area (Å²) in [6, 6.07) is 7.83. The van der Waals surface area contributed by atoms with E-state index >= 15 is 0 Å². The third kappa shape index (κ3) is 3.11. The first-order chi connectivity index (χ1) is 9.11. The standard InChI is InChI=1S/C12H15N5OS/c1-3-10(11(13)18)19-12-14-15-16-17(12)9-6-4-8(2)5-7-9/h4-7,10H,3H2,1-2H3,(H2,13,18). The number of amides is 1. The number of carbonyl (C=O) groups is 1. The van der Waals surface area contributed by atoms with Gasteiger partial charge in [-0.05, 0) is 35.9 Å². The summed E-state index contributed by atoms with van der Waals surface area (Å²) in [7, 11) is 0. The molecule has 6 nitrogen and oxygen atoms in total. The SMILES string of the molecule is CCC(Sc1nnnn1-c1ccc(C)cc1)C(N)=O. The van der Waals surface area contributed by atoms with Crippen LogP contribution in [0.3, 0.4) is 0 Å². The summed E-state index contributed by atoms with van der Waals surface area (Å²) in [6.45, 7) is 3.92. The first-order valence-corrected chi connectivity index (χ1v) is 6.81. The molecule has 0 bridgehead atoms. The van der Waals surface area contributed by atoms with Gasteiger partial charge in [0.2, 0.25) is 11.1 Å². The Morgan fingerprint density at radius 1 is 1.42 bits per heavy atom. The van der Waals surface area contributed by atoms with E-state index in [4.69, 9.17) is 5.73 Å². The molecule has 1 heterocycles. The van der Waals surface area contributed by atoms with Crippen molar-refractivity contribution in [1.82, 2.24) is 20.2 Å². The zero-order chi connectivity index (χ0) is 13.8. The van der Waals surface area contributed by atoms with Gasteiger partial charge in [-0.15, -0.1) is 5.10 Å². The second kappa shape index (κ2) is 5.83. The van der Waals surface area contributed by atoms with Gasteiger partial charge in [0, 0.05) is 0 Å². The Balaban J connectivity index is 2.27. The summed E-state index contributed by atoms with van der Waals surface area (Å²) in [5, 5.41) is 11.8. The zero-order valence-corrected chi connectivity index (χ0v) is 11.6. The second-order valence-electron chi connectivity index (χ2n) is 4.13. The van der Waals surface area contributed by atoms with E-state index in [-0.39, 0.29) is 11.2 Å². The van der Waals surface area contributed by atoms with Crippen molar-refractivity contribution < 1.29 is 4.79 Å². The minimum absolute atomic E-state index is 0.324. The Morgan fingerprint density at radius 2 is 2.11 bits per heavy atom. The molecule has 1 atom stereocenters. The highest BCUT2D eigenvalue weighted by atomic mass is 32.2. The van der Waals surface area contributed by atoms with E-state index in [1.807, 2.05) is 38.1 Å². The number of thioether (sulfide) groups is 1. The van der Waals surface area contributed by atoms with Gasteiger partial charge in [-0.25, -0.2) is 0 Å². The fourth-order valence-electron chi connectivity index (χ4n) is 1.57. The van der Waals surface area contributed by atoms with Crippen molar-refractivity contribution in [2.75, 3.05) is 0 Å². The monoisotopic (exact) mass is 277 g/mol. The minimum atomic E-state index is -0.356. The lowest BCUT2D eigenvalue weighted by Gasteiger charge is -2.09. The molecule has 0 radical (unpaired) electrons. The normalized spacial score (nSPS) is 12.3. The maximum Gasteiger partial charge on any atom is 0.231 e. The number of carbonyl (C=O) groups excluding carboxylic acids is 1. The number of benzene rings is 1. The molecule has 7 heteroatoms. The van der Waals surface area contributed by atoms with E-state index in [0.717, 1.165) is 11.3 Å². The van der Waals surface area contributed by atoms with Gasteiger partial charge in [0.1, 0.15) is 0 Å². The van der Waals surface area contributed by atoms with Crippen molar-refractivity contribution >= 4 is 17.7 Å². The molecule has 0 aliphatic carbocycles. The van der Waals surface area contributed by atoms with E-state index in [1.54, 1.807) is 4.68 Å².